The number of aromatic nitrogens is 3. The topological polar surface area (TPSA) is 90.0 Å². The predicted octanol–water partition coefficient (Wildman–Crippen LogP) is 3.08. The summed E-state index contributed by atoms with van der Waals surface area (Å²) in [5.41, 5.74) is 2.59. The van der Waals surface area contributed by atoms with Crippen molar-refractivity contribution in [3.05, 3.63) is 77.5 Å². The summed E-state index contributed by atoms with van der Waals surface area (Å²) in [6, 6.07) is 16.7. The van der Waals surface area contributed by atoms with Crippen LogP contribution in [0.1, 0.15) is 6.42 Å². The van der Waals surface area contributed by atoms with Crippen molar-refractivity contribution < 1.29 is 9.21 Å². The van der Waals surface area contributed by atoms with Gasteiger partial charge in [0.05, 0.1) is 23.6 Å². The Labute approximate surface area is 154 Å². The first kappa shape index (κ1) is 16.7. The molecule has 0 atom stereocenters. The number of oxazole rings is 1. The average molecular weight is 360 g/mol. The van der Waals surface area contributed by atoms with Gasteiger partial charge in [0.1, 0.15) is 0 Å². The van der Waals surface area contributed by atoms with E-state index in [1.807, 2.05) is 36.4 Å². The van der Waals surface area contributed by atoms with E-state index >= 15 is 0 Å². The number of hydrogen-bond donors (Lipinski definition) is 1. The highest BCUT2D eigenvalue weighted by molar-refractivity contribution is 5.90. The van der Waals surface area contributed by atoms with E-state index in [0.717, 1.165) is 5.56 Å². The van der Waals surface area contributed by atoms with Gasteiger partial charge >= 0.3 is 5.76 Å². The van der Waals surface area contributed by atoms with Crippen molar-refractivity contribution in [3.8, 4) is 11.4 Å². The van der Waals surface area contributed by atoms with Crippen molar-refractivity contribution in [1.82, 2.24) is 14.5 Å². The number of rotatable bonds is 5. The predicted molar refractivity (Wildman–Crippen MR) is 101 cm³/mol. The Hall–Kier alpha value is -3.74. The van der Waals surface area contributed by atoms with Gasteiger partial charge in [-0.05, 0) is 12.1 Å². The van der Waals surface area contributed by atoms with E-state index in [-0.39, 0.29) is 18.9 Å². The maximum absolute atomic E-state index is 12.2. The highest BCUT2D eigenvalue weighted by atomic mass is 16.4. The van der Waals surface area contributed by atoms with Crippen LogP contribution in [0.15, 0.2) is 76.2 Å². The van der Waals surface area contributed by atoms with Crippen LogP contribution in [-0.4, -0.2) is 20.4 Å². The smallest absolute Gasteiger partial charge is 0.408 e. The average Bonchev–Trinajstić information content (AvgIpc) is 3.03. The Morgan fingerprint density at radius 3 is 2.48 bits per heavy atom. The van der Waals surface area contributed by atoms with E-state index in [9.17, 15) is 9.59 Å². The first-order valence-corrected chi connectivity index (χ1v) is 8.46. The fraction of sp³-hybridized carbons (Fsp3) is 0.100. The zero-order chi connectivity index (χ0) is 18.6. The number of nitrogens with one attached hydrogen (secondary N) is 1. The van der Waals surface area contributed by atoms with Crippen molar-refractivity contribution in [2.75, 3.05) is 5.32 Å². The summed E-state index contributed by atoms with van der Waals surface area (Å²) in [7, 11) is 0. The highest BCUT2D eigenvalue weighted by Crippen LogP contribution is 2.15. The number of carbonyl (C=O) groups is 1. The molecule has 1 amide bonds. The van der Waals surface area contributed by atoms with E-state index in [2.05, 4.69) is 15.3 Å². The first-order chi connectivity index (χ1) is 13.2. The van der Waals surface area contributed by atoms with E-state index in [1.165, 1.54) is 4.57 Å². The third-order valence-corrected chi connectivity index (χ3v) is 4.10. The Morgan fingerprint density at radius 1 is 1.00 bits per heavy atom. The van der Waals surface area contributed by atoms with Gasteiger partial charge in [-0.25, -0.2) is 14.8 Å². The summed E-state index contributed by atoms with van der Waals surface area (Å²) >= 11 is 0. The fourth-order valence-corrected chi connectivity index (χ4v) is 2.79. The number of hydrogen-bond acceptors (Lipinski definition) is 5. The van der Waals surface area contributed by atoms with Crippen molar-refractivity contribution >= 4 is 22.7 Å². The summed E-state index contributed by atoms with van der Waals surface area (Å²) in [5.74, 6) is -0.118. The Bertz CT molecular complexity index is 1130. The second-order valence-corrected chi connectivity index (χ2v) is 5.95. The molecule has 7 nitrogen and oxygen atoms in total. The lowest BCUT2D eigenvalue weighted by molar-refractivity contribution is -0.116. The van der Waals surface area contributed by atoms with Gasteiger partial charge in [-0.2, -0.15) is 0 Å². The van der Waals surface area contributed by atoms with Gasteiger partial charge in [-0.15, -0.1) is 0 Å². The maximum Gasteiger partial charge on any atom is 0.419 e. The molecule has 0 unspecified atom stereocenters. The molecular weight excluding hydrogens is 344 g/mol. The Morgan fingerprint density at radius 2 is 1.70 bits per heavy atom. The molecule has 0 fully saturated rings. The fourth-order valence-electron chi connectivity index (χ4n) is 2.79. The second kappa shape index (κ2) is 7.25. The van der Waals surface area contributed by atoms with Crippen LogP contribution in [0, 0.1) is 0 Å². The van der Waals surface area contributed by atoms with Crippen LogP contribution in [0.25, 0.3) is 22.5 Å². The van der Waals surface area contributed by atoms with Crippen molar-refractivity contribution in [3.63, 3.8) is 0 Å². The number of para-hydroxylation sites is 2. The number of benzene rings is 2. The molecular formula is C20H16N4O3. The standard InChI is InChI=1S/C20H16N4O3/c25-18(10-11-24-16-8-4-5-9-17(16)27-20(24)26)23-15-12-21-19(22-13-15)14-6-2-1-3-7-14/h1-9,12-13H,10-11H2,(H,23,25). The molecule has 0 aliphatic carbocycles. The lowest BCUT2D eigenvalue weighted by Gasteiger charge is -2.06. The summed E-state index contributed by atoms with van der Waals surface area (Å²) in [5, 5.41) is 2.74. The van der Waals surface area contributed by atoms with Crippen LogP contribution in [0.2, 0.25) is 0 Å². The minimum atomic E-state index is -0.473. The SMILES string of the molecule is O=C(CCn1c(=O)oc2ccccc21)Nc1cnc(-c2ccccc2)nc1. The van der Waals surface area contributed by atoms with Crippen molar-refractivity contribution in [2.45, 2.75) is 13.0 Å². The quantitative estimate of drug-likeness (QED) is 0.591. The first-order valence-electron chi connectivity index (χ1n) is 8.46. The van der Waals surface area contributed by atoms with Crippen LogP contribution >= 0.6 is 0 Å². The van der Waals surface area contributed by atoms with Crippen LogP contribution < -0.4 is 11.1 Å². The minimum Gasteiger partial charge on any atom is -0.408 e. The van der Waals surface area contributed by atoms with E-state index < -0.39 is 5.76 Å². The summed E-state index contributed by atoms with van der Waals surface area (Å²) in [4.78, 5) is 32.7. The maximum atomic E-state index is 12.2. The Kier molecular flexibility index (Phi) is 4.49. The molecule has 0 bridgehead atoms. The zero-order valence-corrected chi connectivity index (χ0v) is 14.3. The van der Waals surface area contributed by atoms with E-state index in [4.69, 9.17) is 4.42 Å². The van der Waals surface area contributed by atoms with Crippen LogP contribution in [0.4, 0.5) is 5.69 Å². The third kappa shape index (κ3) is 3.62. The monoisotopic (exact) mass is 360 g/mol. The highest BCUT2D eigenvalue weighted by Gasteiger charge is 2.11. The third-order valence-electron chi connectivity index (χ3n) is 4.10. The summed E-state index contributed by atoms with van der Waals surface area (Å²) in [6.45, 7) is 0.227. The molecule has 0 saturated heterocycles. The van der Waals surface area contributed by atoms with Crippen LogP contribution in [0.3, 0.4) is 0 Å². The molecule has 2 heterocycles. The van der Waals surface area contributed by atoms with E-state index in [1.54, 1.807) is 30.6 Å². The largest absolute Gasteiger partial charge is 0.419 e. The molecule has 0 aliphatic heterocycles. The molecule has 7 heteroatoms. The Balaban J connectivity index is 1.41. The number of amides is 1. The molecule has 27 heavy (non-hydrogen) atoms. The van der Waals surface area contributed by atoms with Gasteiger partial charge in [0.25, 0.3) is 0 Å². The molecule has 2 aromatic heterocycles. The van der Waals surface area contributed by atoms with Gasteiger partial charge < -0.3 is 9.73 Å². The number of nitrogens with zero attached hydrogens (tertiary/aromatic N) is 3. The summed E-state index contributed by atoms with van der Waals surface area (Å²) < 4.78 is 6.61. The number of fused-ring (bicyclic) bond motifs is 1. The van der Waals surface area contributed by atoms with E-state index in [0.29, 0.717) is 22.6 Å². The molecule has 2 aromatic carbocycles. The van der Waals surface area contributed by atoms with Crippen molar-refractivity contribution in [2.24, 2.45) is 0 Å². The van der Waals surface area contributed by atoms with Gasteiger partial charge in [0.15, 0.2) is 11.4 Å². The molecule has 134 valence electrons. The van der Waals surface area contributed by atoms with Gasteiger partial charge in [-0.1, -0.05) is 42.5 Å². The minimum absolute atomic E-state index is 0.129. The van der Waals surface area contributed by atoms with Crippen molar-refractivity contribution in [1.29, 1.82) is 0 Å². The van der Waals surface area contributed by atoms with Gasteiger partial charge in [-0.3, -0.25) is 9.36 Å². The zero-order valence-electron chi connectivity index (χ0n) is 14.3. The van der Waals surface area contributed by atoms with Crippen LogP contribution in [0.5, 0.6) is 0 Å². The number of anilines is 1. The number of aryl methyl sites for hydroxylation is 1. The molecule has 4 rings (SSSR count). The molecule has 0 spiro atoms. The normalized spacial score (nSPS) is 10.8. The molecule has 0 saturated carbocycles. The molecule has 1 N–H and O–H groups in total. The molecule has 0 aliphatic rings. The molecule has 0 radical (unpaired) electrons. The molecule has 4 aromatic rings. The second-order valence-electron chi connectivity index (χ2n) is 5.95. The van der Waals surface area contributed by atoms with Gasteiger partial charge in [0, 0.05) is 18.5 Å². The lowest BCUT2D eigenvalue weighted by atomic mass is 10.2. The van der Waals surface area contributed by atoms with Crippen LogP contribution in [-0.2, 0) is 11.3 Å². The number of carbonyl (C=O) groups excluding carboxylic acids is 1. The lowest BCUT2D eigenvalue weighted by Crippen LogP contribution is -2.20. The summed E-state index contributed by atoms with van der Waals surface area (Å²) in [6.07, 6.45) is 3.25. The van der Waals surface area contributed by atoms with Gasteiger partial charge in [0.2, 0.25) is 5.91 Å².